The van der Waals surface area contributed by atoms with Gasteiger partial charge in [-0.1, -0.05) is 17.3 Å². The zero-order valence-electron chi connectivity index (χ0n) is 10.6. The number of benzene rings is 2. The second-order valence-electron chi connectivity index (χ2n) is 4.33. The molecule has 2 N–H and O–H groups in total. The van der Waals surface area contributed by atoms with E-state index in [1.54, 1.807) is 12.1 Å². The summed E-state index contributed by atoms with van der Waals surface area (Å²) in [6.45, 7) is 0.451. The van der Waals surface area contributed by atoms with E-state index in [1.165, 1.54) is 12.1 Å². The maximum atomic E-state index is 12.9. The topological polar surface area (TPSA) is 64.9 Å². The largest absolute Gasteiger partial charge is 0.334 e. The molecule has 100 valence electrons. The van der Waals surface area contributed by atoms with Gasteiger partial charge in [-0.2, -0.15) is 4.98 Å². The summed E-state index contributed by atoms with van der Waals surface area (Å²) in [5, 5.41) is 3.91. The van der Waals surface area contributed by atoms with Crippen LogP contribution in [0.5, 0.6) is 0 Å². The van der Waals surface area contributed by atoms with Gasteiger partial charge in [0.25, 0.3) is 5.89 Å². The summed E-state index contributed by atoms with van der Waals surface area (Å²) >= 11 is 0. The summed E-state index contributed by atoms with van der Waals surface area (Å²) in [5.74, 6) is 0.547. The van der Waals surface area contributed by atoms with Crippen molar-refractivity contribution >= 4 is 0 Å². The Balaban J connectivity index is 1.95. The molecule has 3 rings (SSSR count). The molecule has 1 aromatic heterocycles. The van der Waals surface area contributed by atoms with Crippen LogP contribution in [0.25, 0.3) is 22.8 Å². The molecule has 20 heavy (non-hydrogen) atoms. The van der Waals surface area contributed by atoms with Crippen LogP contribution < -0.4 is 5.73 Å². The van der Waals surface area contributed by atoms with E-state index in [1.807, 2.05) is 24.3 Å². The third-order valence-corrected chi connectivity index (χ3v) is 2.94. The van der Waals surface area contributed by atoms with Gasteiger partial charge in [0.2, 0.25) is 5.82 Å². The monoisotopic (exact) mass is 269 g/mol. The maximum Gasteiger partial charge on any atom is 0.258 e. The Morgan fingerprint density at radius 3 is 2.60 bits per heavy atom. The van der Waals surface area contributed by atoms with Crippen LogP contribution in [0.4, 0.5) is 4.39 Å². The molecule has 0 saturated heterocycles. The van der Waals surface area contributed by atoms with Gasteiger partial charge in [0.05, 0.1) is 0 Å². The minimum absolute atomic E-state index is 0.298. The normalized spacial score (nSPS) is 10.7. The molecule has 0 radical (unpaired) electrons. The van der Waals surface area contributed by atoms with E-state index in [-0.39, 0.29) is 5.82 Å². The van der Waals surface area contributed by atoms with E-state index >= 15 is 0 Å². The highest BCUT2D eigenvalue weighted by molar-refractivity contribution is 5.60. The zero-order valence-corrected chi connectivity index (χ0v) is 10.6. The lowest BCUT2D eigenvalue weighted by atomic mass is 10.1. The van der Waals surface area contributed by atoms with E-state index in [9.17, 15) is 4.39 Å². The minimum Gasteiger partial charge on any atom is -0.334 e. The molecule has 0 aliphatic rings. The lowest BCUT2D eigenvalue weighted by Gasteiger charge is -1.98. The predicted octanol–water partition coefficient (Wildman–Crippen LogP) is 3.00. The molecule has 0 unspecified atom stereocenters. The van der Waals surface area contributed by atoms with Gasteiger partial charge in [-0.3, -0.25) is 0 Å². The van der Waals surface area contributed by atoms with Crippen LogP contribution in [0.3, 0.4) is 0 Å². The number of hydrogen-bond donors (Lipinski definition) is 1. The first-order valence-corrected chi connectivity index (χ1v) is 6.15. The first-order valence-electron chi connectivity index (χ1n) is 6.15. The molecule has 0 aliphatic heterocycles. The number of rotatable bonds is 3. The third kappa shape index (κ3) is 2.44. The third-order valence-electron chi connectivity index (χ3n) is 2.94. The van der Waals surface area contributed by atoms with Gasteiger partial charge in [-0.15, -0.1) is 0 Å². The van der Waals surface area contributed by atoms with Crippen LogP contribution >= 0.6 is 0 Å². The lowest BCUT2D eigenvalue weighted by Crippen LogP contribution is -1.95. The van der Waals surface area contributed by atoms with Gasteiger partial charge in [0.1, 0.15) is 5.82 Å². The van der Waals surface area contributed by atoms with Gasteiger partial charge < -0.3 is 10.3 Å². The van der Waals surface area contributed by atoms with Crippen molar-refractivity contribution in [1.29, 1.82) is 0 Å². The van der Waals surface area contributed by atoms with E-state index < -0.39 is 0 Å². The van der Waals surface area contributed by atoms with E-state index in [2.05, 4.69) is 10.1 Å². The zero-order chi connectivity index (χ0) is 13.9. The summed E-state index contributed by atoms with van der Waals surface area (Å²) < 4.78 is 18.1. The van der Waals surface area contributed by atoms with E-state index in [0.29, 0.717) is 23.8 Å². The standard InChI is InChI=1S/C15H12FN3O/c16-13-6-4-11(5-7-13)14-18-15(20-19-14)12-3-1-2-10(8-12)9-17/h1-8H,9,17H2. The molecule has 0 amide bonds. The number of hydrogen-bond acceptors (Lipinski definition) is 4. The smallest absolute Gasteiger partial charge is 0.258 e. The van der Waals surface area contributed by atoms with E-state index in [0.717, 1.165) is 11.1 Å². The molecule has 2 aromatic carbocycles. The fourth-order valence-electron chi connectivity index (χ4n) is 1.89. The lowest BCUT2D eigenvalue weighted by molar-refractivity contribution is 0.432. The van der Waals surface area contributed by atoms with Crippen molar-refractivity contribution in [3.05, 3.63) is 59.9 Å². The fraction of sp³-hybridized carbons (Fsp3) is 0.0667. The van der Waals surface area contributed by atoms with Crippen LogP contribution in [0.1, 0.15) is 5.56 Å². The van der Waals surface area contributed by atoms with Crippen molar-refractivity contribution < 1.29 is 8.91 Å². The number of nitrogens with two attached hydrogens (primary N) is 1. The van der Waals surface area contributed by atoms with Gasteiger partial charge >= 0.3 is 0 Å². The van der Waals surface area contributed by atoms with Crippen molar-refractivity contribution in [2.45, 2.75) is 6.54 Å². The minimum atomic E-state index is -0.298. The molecule has 0 fully saturated rings. The van der Waals surface area contributed by atoms with E-state index in [4.69, 9.17) is 10.3 Å². The fourth-order valence-corrected chi connectivity index (χ4v) is 1.89. The Hall–Kier alpha value is -2.53. The first-order chi connectivity index (χ1) is 9.76. The number of aromatic nitrogens is 2. The Kier molecular flexibility index (Phi) is 3.26. The van der Waals surface area contributed by atoms with Crippen LogP contribution in [0.15, 0.2) is 53.1 Å². The highest BCUT2D eigenvalue weighted by Gasteiger charge is 2.10. The Morgan fingerprint density at radius 1 is 1.05 bits per heavy atom. The van der Waals surface area contributed by atoms with Crippen LogP contribution in [-0.2, 0) is 6.54 Å². The Bertz CT molecular complexity index is 722. The summed E-state index contributed by atoms with van der Waals surface area (Å²) in [6, 6.07) is 13.5. The number of nitrogens with zero attached hydrogens (tertiary/aromatic N) is 2. The molecular formula is C15H12FN3O. The molecular weight excluding hydrogens is 257 g/mol. The number of halogens is 1. The van der Waals surface area contributed by atoms with Crippen molar-refractivity contribution in [2.24, 2.45) is 5.73 Å². The van der Waals surface area contributed by atoms with Crippen molar-refractivity contribution in [3.63, 3.8) is 0 Å². The van der Waals surface area contributed by atoms with Crippen LogP contribution in [0.2, 0.25) is 0 Å². The Labute approximate surface area is 115 Å². The predicted molar refractivity (Wildman–Crippen MR) is 73.0 cm³/mol. The van der Waals surface area contributed by atoms with Crippen LogP contribution in [-0.4, -0.2) is 10.1 Å². The average molecular weight is 269 g/mol. The van der Waals surface area contributed by atoms with Gasteiger partial charge in [-0.05, 0) is 42.0 Å². The SMILES string of the molecule is NCc1cccc(-c2nc(-c3ccc(F)cc3)no2)c1. The molecule has 0 aliphatic carbocycles. The molecule has 4 nitrogen and oxygen atoms in total. The van der Waals surface area contributed by atoms with Crippen molar-refractivity contribution in [3.8, 4) is 22.8 Å². The van der Waals surface area contributed by atoms with Crippen molar-refractivity contribution in [2.75, 3.05) is 0 Å². The van der Waals surface area contributed by atoms with Crippen LogP contribution in [0, 0.1) is 5.82 Å². The quantitative estimate of drug-likeness (QED) is 0.793. The molecule has 5 heteroatoms. The summed E-state index contributed by atoms with van der Waals surface area (Å²) in [5.41, 5.74) is 8.11. The highest BCUT2D eigenvalue weighted by atomic mass is 19.1. The molecule has 0 atom stereocenters. The molecule has 3 aromatic rings. The molecule has 0 spiro atoms. The second-order valence-corrected chi connectivity index (χ2v) is 4.33. The molecule has 0 bridgehead atoms. The molecule has 1 heterocycles. The summed E-state index contributed by atoms with van der Waals surface area (Å²) in [6.07, 6.45) is 0. The average Bonchev–Trinajstić information content (AvgIpc) is 2.98. The second kappa shape index (κ2) is 5.22. The summed E-state index contributed by atoms with van der Waals surface area (Å²) in [4.78, 5) is 4.31. The Morgan fingerprint density at radius 2 is 1.85 bits per heavy atom. The van der Waals surface area contributed by atoms with Crippen molar-refractivity contribution in [1.82, 2.24) is 10.1 Å². The van der Waals surface area contributed by atoms with Gasteiger partial charge in [0.15, 0.2) is 0 Å². The first kappa shape index (κ1) is 12.5. The van der Waals surface area contributed by atoms with Gasteiger partial charge in [-0.25, -0.2) is 4.39 Å². The highest BCUT2D eigenvalue weighted by Crippen LogP contribution is 2.23. The van der Waals surface area contributed by atoms with Gasteiger partial charge in [0, 0.05) is 17.7 Å². The summed E-state index contributed by atoms with van der Waals surface area (Å²) in [7, 11) is 0. The maximum absolute atomic E-state index is 12.9. The molecule has 0 saturated carbocycles.